The molecule has 5 heteroatoms. The van der Waals surface area contributed by atoms with Gasteiger partial charge in [0.2, 0.25) is 0 Å². The van der Waals surface area contributed by atoms with Crippen molar-refractivity contribution in [3.8, 4) is 5.75 Å². The normalized spacial score (nSPS) is 15.7. The number of carbonyl (C=O) groups is 1. The summed E-state index contributed by atoms with van der Waals surface area (Å²) in [7, 11) is 0. The molecule has 3 aromatic rings. The van der Waals surface area contributed by atoms with Crippen molar-refractivity contribution in [2.24, 2.45) is 0 Å². The van der Waals surface area contributed by atoms with E-state index in [1.165, 1.54) is 29.3 Å². The van der Waals surface area contributed by atoms with Crippen LogP contribution in [0.15, 0.2) is 54.7 Å². The number of aliphatic carboxylic acids is 1. The predicted molar refractivity (Wildman–Crippen MR) is 110 cm³/mol. The summed E-state index contributed by atoms with van der Waals surface area (Å²) in [4.78, 5) is 16.6. The van der Waals surface area contributed by atoms with Gasteiger partial charge in [0, 0.05) is 23.6 Å². The minimum atomic E-state index is -0.815. The highest BCUT2D eigenvalue weighted by molar-refractivity contribution is 5.83. The molecule has 0 amide bonds. The number of hydrogen-bond acceptors (Lipinski definition) is 3. The van der Waals surface area contributed by atoms with Gasteiger partial charge in [-0.1, -0.05) is 30.3 Å². The Balaban J connectivity index is 1.23. The van der Waals surface area contributed by atoms with Gasteiger partial charge in [-0.25, -0.2) is 0 Å². The van der Waals surface area contributed by atoms with E-state index in [4.69, 9.17) is 9.84 Å². The van der Waals surface area contributed by atoms with Gasteiger partial charge in [0.15, 0.2) is 0 Å². The zero-order valence-electron chi connectivity index (χ0n) is 15.9. The first-order valence-corrected chi connectivity index (χ1v) is 9.91. The average molecular weight is 378 g/mol. The molecule has 4 rings (SSSR count). The molecular weight excluding hydrogens is 352 g/mol. The summed E-state index contributed by atoms with van der Waals surface area (Å²) >= 11 is 0. The standard InChI is InChI=1S/C23H26N2O3/c26-23(27)15-17-5-7-19(8-6-17)28-14-13-25-11-9-18(10-12-25)21-16-24-22-4-2-1-3-20(21)22/h1-8,16,18,24H,9-15H2,(H,26,27). The topological polar surface area (TPSA) is 65.6 Å². The first kappa shape index (κ1) is 18.6. The second-order valence-corrected chi connectivity index (χ2v) is 7.47. The lowest BCUT2D eigenvalue weighted by atomic mass is 9.89. The smallest absolute Gasteiger partial charge is 0.307 e. The highest BCUT2D eigenvalue weighted by Gasteiger charge is 2.22. The van der Waals surface area contributed by atoms with Gasteiger partial charge in [-0.05, 0) is 61.2 Å². The number of rotatable bonds is 7. The molecule has 0 spiro atoms. The van der Waals surface area contributed by atoms with Crippen LogP contribution in [-0.2, 0) is 11.2 Å². The van der Waals surface area contributed by atoms with Gasteiger partial charge in [-0.15, -0.1) is 0 Å². The molecule has 146 valence electrons. The van der Waals surface area contributed by atoms with Gasteiger partial charge in [0.1, 0.15) is 12.4 Å². The fraction of sp³-hybridized carbons (Fsp3) is 0.348. The van der Waals surface area contributed by atoms with E-state index >= 15 is 0 Å². The summed E-state index contributed by atoms with van der Waals surface area (Å²) in [5.74, 6) is 0.600. The SMILES string of the molecule is O=C(O)Cc1ccc(OCCN2CCC(c3c[nH]c4ccccc34)CC2)cc1. The molecule has 5 nitrogen and oxygen atoms in total. The second-order valence-electron chi connectivity index (χ2n) is 7.47. The largest absolute Gasteiger partial charge is 0.492 e. The Hall–Kier alpha value is -2.79. The van der Waals surface area contributed by atoms with Crippen molar-refractivity contribution < 1.29 is 14.6 Å². The highest BCUT2D eigenvalue weighted by atomic mass is 16.5. The monoisotopic (exact) mass is 378 g/mol. The maximum Gasteiger partial charge on any atom is 0.307 e. The molecule has 0 unspecified atom stereocenters. The third-order valence-electron chi connectivity index (χ3n) is 5.60. The number of carboxylic acid groups (broad SMARTS) is 1. The van der Waals surface area contributed by atoms with Crippen molar-refractivity contribution in [3.63, 3.8) is 0 Å². The number of hydrogen-bond donors (Lipinski definition) is 2. The van der Waals surface area contributed by atoms with Crippen molar-refractivity contribution in [2.45, 2.75) is 25.2 Å². The third-order valence-corrected chi connectivity index (χ3v) is 5.60. The molecule has 0 bridgehead atoms. The Morgan fingerprint density at radius 3 is 2.61 bits per heavy atom. The number of nitrogens with one attached hydrogen (secondary N) is 1. The van der Waals surface area contributed by atoms with Gasteiger partial charge < -0.3 is 14.8 Å². The number of benzene rings is 2. The molecule has 0 aliphatic carbocycles. The zero-order chi connectivity index (χ0) is 19.3. The Morgan fingerprint density at radius 2 is 1.86 bits per heavy atom. The van der Waals surface area contributed by atoms with E-state index in [2.05, 4.69) is 40.3 Å². The number of fused-ring (bicyclic) bond motifs is 1. The van der Waals surface area contributed by atoms with E-state index in [1.807, 2.05) is 24.3 Å². The molecule has 2 aromatic carbocycles. The number of H-pyrrole nitrogens is 1. The van der Waals surface area contributed by atoms with E-state index in [0.717, 1.165) is 30.9 Å². The fourth-order valence-electron chi connectivity index (χ4n) is 4.07. The quantitative estimate of drug-likeness (QED) is 0.651. The average Bonchev–Trinajstić information content (AvgIpc) is 3.14. The molecule has 1 aliphatic heterocycles. The van der Waals surface area contributed by atoms with E-state index < -0.39 is 5.97 Å². The number of ether oxygens (including phenoxy) is 1. The molecule has 1 aliphatic rings. The van der Waals surface area contributed by atoms with Gasteiger partial charge in [0.05, 0.1) is 6.42 Å². The first-order chi connectivity index (χ1) is 13.7. The van der Waals surface area contributed by atoms with Crippen molar-refractivity contribution in [1.82, 2.24) is 9.88 Å². The zero-order valence-corrected chi connectivity index (χ0v) is 15.9. The summed E-state index contributed by atoms with van der Waals surface area (Å²) in [6, 6.07) is 15.9. The van der Waals surface area contributed by atoms with Crippen LogP contribution in [0.25, 0.3) is 10.9 Å². The van der Waals surface area contributed by atoms with Crippen LogP contribution in [0.3, 0.4) is 0 Å². The van der Waals surface area contributed by atoms with Crippen LogP contribution in [0.4, 0.5) is 0 Å². The lowest BCUT2D eigenvalue weighted by Crippen LogP contribution is -2.35. The van der Waals surface area contributed by atoms with E-state index in [0.29, 0.717) is 12.5 Å². The van der Waals surface area contributed by atoms with Gasteiger partial charge in [0.25, 0.3) is 0 Å². The van der Waals surface area contributed by atoms with Crippen LogP contribution >= 0.6 is 0 Å². The summed E-state index contributed by atoms with van der Waals surface area (Å²) in [6.45, 7) is 3.74. The molecule has 1 saturated heterocycles. The summed E-state index contributed by atoms with van der Waals surface area (Å²) in [6.07, 6.45) is 4.57. The molecule has 0 atom stereocenters. The molecule has 0 saturated carbocycles. The number of aromatic amines is 1. The van der Waals surface area contributed by atoms with Gasteiger partial charge in [-0.2, -0.15) is 0 Å². The number of para-hydroxylation sites is 1. The second kappa shape index (κ2) is 8.48. The number of nitrogens with zero attached hydrogens (tertiary/aromatic N) is 1. The minimum absolute atomic E-state index is 0.0473. The van der Waals surface area contributed by atoms with Crippen molar-refractivity contribution in [1.29, 1.82) is 0 Å². The van der Waals surface area contributed by atoms with Gasteiger partial charge >= 0.3 is 5.97 Å². The Labute approximate surface area is 164 Å². The molecule has 0 radical (unpaired) electrons. The van der Waals surface area contributed by atoms with Crippen LogP contribution < -0.4 is 4.74 Å². The van der Waals surface area contributed by atoms with E-state index in [-0.39, 0.29) is 6.42 Å². The van der Waals surface area contributed by atoms with Crippen LogP contribution in [0.5, 0.6) is 5.75 Å². The summed E-state index contributed by atoms with van der Waals surface area (Å²) in [5.41, 5.74) is 3.47. The molecule has 28 heavy (non-hydrogen) atoms. The molecule has 2 heterocycles. The summed E-state index contributed by atoms with van der Waals surface area (Å²) in [5, 5.41) is 10.2. The highest BCUT2D eigenvalue weighted by Crippen LogP contribution is 2.32. The molecule has 1 fully saturated rings. The third kappa shape index (κ3) is 4.37. The van der Waals surface area contributed by atoms with Gasteiger partial charge in [-0.3, -0.25) is 9.69 Å². The number of likely N-dealkylation sites (tertiary alicyclic amines) is 1. The van der Waals surface area contributed by atoms with Crippen molar-refractivity contribution >= 4 is 16.9 Å². The van der Waals surface area contributed by atoms with E-state index in [9.17, 15) is 4.79 Å². The number of aromatic nitrogens is 1. The first-order valence-electron chi connectivity index (χ1n) is 9.91. The predicted octanol–water partition coefficient (Wildman–Crippen LogP) is 4.05. The van der Waals surface area contributed by atoms with Crippen LogP contribution in [0.2, 0.25) is 0 Å². The Bertz CT molecular complexity index is 924. The summed E-state index contributed by atoms with van der Waals surface area (Å²) < 4.78 is 5.83. The molecule has 2 N–H and O–H groups in total. The van der Waals surface area contributed by atoms with Crippen molar-refractivity contribution in [2.75, 3.05) is 26.2 Å². The van der Waals surface area contributed by atoms with Crippen LogP contribution in [0, 0.1) is 0 Å². The molecular formula is C23H26N2O3. The van der Waals surface area contributed by atoms with Crippen LogP contribution in [0.1, 0.15) is 29.9 Å². The maximum absolute atomic E-state index is 10.7. The lowest BCUT2D eigenvalue weighted by Gasteiger charge is -2.31. The van der Waals surface area contributed by atoms with E-state index in [1.54, 1.807) is 0 Å². The van der Waals surface area contributed by atoms with Crippen LogP contribution in [-0.4, -0.2) is 47.2 Å². The maximum atomic E-state index is 10.7. The lowest BCUT2D eigenvalue weighted by molar-refractivity contribution is -0.136. The fourth-order valence-corrected chi connectivity index (χ4v) is 4.07. The molecule has 1 aromatic heterocycles. The number of carboxylic acids is 1. The number of piperidine rings is 1. The minimum Gasteiger partial charge on any atom is -0.492 e. The van der Waals surface area contributed by atoms with Crippen molar-refractivity contribution in [3.05, 3.63) is 65.9 Å². The Kier molecular flexibility index (Phi) is 5.63. The Morgan fingerprint density at radius 1 is 1.11 bits per heavy atom.